The van der Waals surface area contributed by atoms with Gasteiger partial charge in [-0.25, -0.2) is 4.79 Å². The van der Waals surface area contributed by atoms with Crippen LogP contribution in [0.4, 0.5) is 10.5 Å². The highest BCUT2D eigenvalue weighted by Crippen LogP contribution is 2.26. The number of benzene rings is 1. The molecule has 23 heavy (non-hydrogen) atoms. The summed E-state index contributed by atoms with van der Waals surface area (Å²) in [5, 5.41) is 14.4. The van der Waals surface area contributed by atoms with Gasteiger partial charge in [0.15, 0.2) is 0 Å². The molecular weight excluding hydrogens is 316 g/mol. The fourth-order valence-corrected chi connectivity index (χ4v) is 3.39. The highest BCUT2D eigenvalue weighted by Gasteiger charge is 2.14. The van der Waals surface area contributed by atoms with E-state index >= 15 is 0 Å². The number of hydrogen-bond acceptors (Lipinski definition) is 4. The normalized spacial score (nSPS) is 15.1. The van der Waals surface area contributed by atoms with Gasteiger partial charge in [0.2, 0.25) is 0 Å². The first-order valence-electron chi connectivity index (χ1n) is 7.68. The summed E-state index contributed by atoms with van der Waals surface area (Å²) < 4.78 is 5.36. The quantitative estimate of drug-likeness (QED) is 0.711. The van der Waals surface area contributed by atoms with Crippen molar-refractivity contribution >= 4 is 29.4 Å². The fourth-order valence-electron chi connectivity index (χ4n) is 2.25. The number of hydrogen-bond donors (Lipinski definition) is 3. The molecule has 6 nitrogen and oxygen atoms in total. The molecule has 1 saturated heterocycles. The number of aliphatic carboxylic acids is 1. The maximum absolute atomic E-state index is 11.7. The summed E-state index contributed by atoms with van der Waals surface area (Å²) in [6.45, 7) is 1.80. The third-order valence-electron chi connectivity index (χ3n) is 3.46. The van der Waals surface area contributed by atoms with Crippen LogP contribution in [0.5, 0.6) is 0 Å². The van der Waals surface area contributed by atoms with E-state index in [9.17, 15) is 9.59 Å². The first-order chi connectivity index (χ1) is 11.1. The lowest BCUT2D eigenvalue weighted by Gasteiger charge is -2.21. The van der Waals surface area contributed by atoms with Crippen LogP contribution in [0.15, 0.2) is 24.3 Å². The van der Waals surface area contributed by atoms with E-state index in [2.05, 4.69) is 10.6 Å². The summed E-state index contributed by atoms with van der Waals surface area (Å²) in [5.41, 5.74) is 1.87. The number of urea groups is 1. The molecule has 1 aromatic carbocycles. The molecule has 0 atom stereocenters. The average Bonchev–Trinajstić information content (AvgIpc) is 2.54. The average molecular weight is 338 g/mol. The van der Waals surface area contributed by atoms with Gasteiger partial charge in [-0.3, -0.25) is 4.79 Å². The number of anilines is 1. The third kappa shape index (κ3) is 6.92. The van der Waals surface area contributed by atoms with Crippen LogP contribution < -0.4 is 10.6 Å². The van der Waals surface area contributed by atoms with Gasteiger partial charge in [-0.15, -0.1) is 0 Å². The molecule has 126 valence electrons. The van der Waals surface area contributed by atoms with Gasteiger partial charge in [0, 0.05) is 36.4 Å². The second-order valence-corrected chi connectivity index (χ2v) is 6.64. The fraction of sp³-hybridized carbons (Fsp3) is 0.500. The van der Waals surface area contributed by atoms with E-state index in [1.54, 1.807) is 0 Å². The van der Waals surface area contributed by atoms with Crippen LogP contribution >= 0.6 is 11.8 Å². The van der Waals surface area contributed by atoms with E-state index in [0.29, 0.717) is 10.9 Å². The summed E-state index contributed by atoms with van der Waals surface area (Å²) in [4.78, 5) is 22.1. The molecule has 0 saturated carbocycles. The predicted octanol–water partition coefficient (Wildman–Crippen LogP) is 2.70. The van der Waals surface area contributed by atoms with Gasteiger partial charge < -0.3 is 20.5 Å². The SMILES string of the molecule is O=C(O)CCNC(=O)Nc1cccc(CSC2CCOCC2)c1. The summed E-state index contributed by atoms with van der Waals surface area (Å²) in [7, 11) is 0. The Balaban J connectivity index is 1.77. The Hall–Kier alpha value is -1.73. The van der Waals surface area contributed by atoms with E-state index < -0.39 is 5.97 Å². The van der Waals surface area contributed by atoms with Crippen molar-refractivity contribution in [3.63, 3.8) is 0 Å². The molecule has 0 spiro atoms. The van der Waals surface area contributed by atoms with Crippen molar-refractivity contribution in [3.05, 3.63) is 29.8 Å². The molecule has 1 heterocycles. The minimum absolute atomic E-state index is 0.0881. The van der Waals surface area contributed by atoms with E-state index in [4.69, 9.17) is 9.84 Å². The van der Waals surface area contributed by atoms with Gasteiger partial charge in [-0.05, 0) is 30.5 Å². The molecule has 0 aromatic heterocycles. The van der Waals surface area contributed by atoms with E-state index in [0.717, 1.165) is 37.4 Å². The number of rotatable bonds is 7. The van der Waals surface area contributed by atoms with Crippen molar-refractivity contribution < 1.29 is 19.4 Å². The summed E-state index contributed by atoms with van der Waals surface area (Å²) >= 11 is 1.92. The largest absolute Gasteiger partial charge is 0.481 e. The molecule has 0 bridgehead atoms. The molecule has 2 rings (SSSR count). The van der Waals surface area contributed by atoms with Crippen LogP contribution in [0.1, 0.15) is 24.8 Å². The van der Waals surface area contributed by atoms with Crippen LogP contribution in [0.3, 0.4) is 0 Å². The van der Waals surface area contributed by atoms with Gasteiger partial charge in [0.25, 0.3) is 0 Å². The van der Waals surface area contributed by atoms with E-state index in [1.165, 1.54) is 0 Å². The first kappa shape index (κ1) is 17.6. The Morgan fingerprint density at radius 2 is 2.09 bits per heavy atom. The van der Waals surface area contributed by atoms with Crippen molar-refractivity contribution in [2.45, 2.75) is 30.3 Å². The maximum Gasteiger partial charge on any atom is 0.319 e. The van der Waals surface area contributed by atoms with Crippen LogP contribution in [-0.4, -0.2) is 42.1 Å². The Labute approximate surface area is 140 Å². The van der Waals surface area contributed by atoms with Gasteiger partial charge in [0.05, 0.1) is 6.42 Å². The molecule has 3 N–H and O–H groups in total. The molecule has 2 amide bonds. The Bertz CT molecular complexity index is 533. The highest BCUT2D eigenvalue weighted by molar-refractivity contribution is 7.99. The lowest BCUT2D eigenvalue weighted by atomic mass is 10.2. The molecular formula is C16H22N2O4S. The molecule has 0 unspecified atom stereocenters. The Morgan fingerprint density at radius 1 is 1.30 bits per heavy atom. The number of ether oxygens (including phenoxy) is 1. The zero-order valence-corrected chi connectivity index (χ0v) is 13.7. The number of nitrogens with one attached hydrogen (secondary N) is 2. The number of carbonyl (C=O) groups is 2. The predicted molar refractivity (Wildman–Crippen MR) is 90.9 cm³/mol. The minimum Gasteiger partial charge on any atom is -0.481 e. The van der Waals surface area contributed by atoms with Crippen molar-refractivity contribution in [2.24, 2.45) is 0 Å². The van der Waals surface area contributed by atoms with Gasteiger partial charge in [-0.1, -0.05) is 12.1 Å². The second kappa shape index (κ2) is 9.42. The summed E-state index contributed by atoms with van der Waals surface area (Å²) in [5.74, 6) is -0.0293. The number of amides is 2. The second-order valence-electron chi connectivity index (χ2n) is 5.35. The van der Waals surface area contributed by atoms with Crippen LogP contribution in [-0.2, 0) is 15.3 Å². The number of carboxylic acid groups (broad SMARTS) is 1. The van der Waals surface area contributed by atoms with E-state index in [1.807, 2.05) is 36.0 Å². The molecule has 1 aliphatic rings. The number of carboxylic acids is 1. The summed E-state index contributed by atoms with van der Waals surface area (Å²) in [6.07, 6.45) is 2.10. The highest BCUT2D eigenvalue weighted by atomic mass is 32.2. The minimum atomic E-state index is -0.933. The third-order valence-corrected chi connectivity index (χ3v) is 4.91. The van der Waals surface area contributed by atoms with Crippen molar-refractivity contribution in [1.82, 2.24) is 5.32 Å². The van der Waals surface area contributed by atoms with Gasteiger partial charge >= 0.3 is 12.0 Å². The maximum atomic E-state index is 11.7. The lowest BCUT2D eigenvalue weighted by Crippen LogP contribution is -2.30. The van der Waals surface area contributed by atoms with Gasteiger partial charge in [-0.2, -0.15) is 11.8 Å². The molecule has 7 heteroatoms. The van der Waals surface area contributed by atoms with Crippen LogP contribution in [0.25, 0.3) is 0 Å². The monoisotopic (exact) mass is 338 g/mol. The first-order valence-corrected chi connectivity index (χ1v) is 8.73. The zero-order chi connectivity index (χ0) is 16.5. The van der Waals surface area contributed by atoms with Gasteiger partial charge in [0.1, 0.15) is 0 Å². The molecule has 0 aliphatic carbocycles. The smallest absolute Gasteiger partial charge is 0.319 e. The standard InChI is InChI=1S/C16H22N2O4S/c19-15(20)4-7-17-16(21)18-13-3-1-2-12(10-13)11-23-14-5-8-22-9-6-14/h1-3,10,14H,4-9,11H2,(H,19,20)(H2,17,18,21). The van der Waals surface area contributed by atoms with E-state index in [-0.39, 0.29) is 19.0 Å². The van der Waals surface area contributed by atoms with Crippen LogP contribution in [0, 0.1) is 0 Å². The summed E-state index contributed by atoms with van der Waals surface area (Å²) in [6, 6.07) is 7.33. The number of thioether (sulfide) groups is 1. The Kier molecular flexibility index (Phi) is 7.22. The Morgan fingerprint density at radius 3 is 2.83 bits per heavy atom. The van der Waals surface area contributed by atoms with Crippen LogP contribution in [0.2, 0.25) is 0 Å². The molecule has 1 aromatic rings. The molecule has 1 fully saturated rings. The topological polar surface area (TPSA) is 87.7 Å². The molecule has 0 radical (unpaired) electrons. The number of carbonyl (C=O) groups excluding carboxylic acids is 1. The molecule has 1 aliphatic heterocycles. The zero-order valence-electron chi connectivity index (χ0n) is 12.9. The van der Waals surface area contributed by atoms with Crippen molar-refractivity contribution in [3.8, 4) is 0 Å². The lowest BCUT2D eigenvalue weighted by molar-refractivity contribution is -0.136. The van der Waals surface area contributed by atoms with Crippen molar-refractivity contribution in [1.29, 1.82) is 0 Å². The van der Waals surface area contributed by atoms with Crippen molar-refractivity contribution in [2.75, 3.05) is 25.1 Å².